The fourth-order valence-corrected chi connectivity index (χ4v) is 4.39. The van der Waals surface area contributed by atoms with E-state index in [2.05, 4.69) is 35.8 Å². The zero-order valence-corrected chi connectivity index (χ0v) is 18.8. The zero-order chi connectivity index (χ0) is 23.3. The molecule has 0 bridgehead atoms. The monoisotopic (exact) mass is 457 g/mol. The summed E-state index contributed by atoms with van der Waals surface area (Å²) in [6, 6.07) is 11.2. The predicted octanol–water partition coefficient (Wildman–Crippen LogP) is 3.03. The Morgan fingerprint density at radius 1 is 1.03 bits per heavy atom. The minimum atomic E-state index is -0.347. The number of nitrogens with one attached hydrogen (secondary N) is 4. The minimum absolute atomic E-state index is 0.134. The number of nitrogens with zero attached hydrogens (tertiary/aromatic N) is 3. The van der Waals surface area contributed by atoms with Crippen molar-refractivity contribution in [3.8, 4) is 22.6 Å². The molecule has 1 aliphatic carbocycles. The Labute approximate surface area is 196 Å². The maximum Gasteiger partial charge on any atom is 0.275 e. The van der Waals surface area contributed by atoms with E-state index < -0.39 is 0 Å². The van der Waals surface area contributed by atoms with Gasteiger partial charge in [0.15, 0.2) is 0 Å². The largest absolute Gasteiger partial charge is 0.351 e. The van der Waals surface area contributed by atoms with Crippen LogP contribution in [0.15, 0.2) is 53.6 Å². The number of carbonyl (C=O) groups excluding carboxylic acids is 1. The number of H-pyrrole nitrogens is 2. The van der Waals surface area contributed by atoms with E-state index >= 15 is 0 Å². The van der Waals surface area contributed by atoms with Gasteiger partial charge in [0.2, 0.25) is 0 Å². The van der Waals surface area contributed by atoms with Crippen molar-refractivity contribution in [1.82, 2.24) is 35.8 Å². The standard InChI is InChI=1S/C25H27N7O2/c33-24(28-13-12-27-18-4-2-1-3-5-18)17-6-7-20-22(14-17)30-23(29-20)19-15-21(31-32-25(19)34)16-8-10-26-11-9-16/h6-11,14-15,18,27H,1-5,12-13H2,(H,28,33)(H,29,30)(H,32,34). The number of imidazole rings is 1. The van der Waals surface area contributed by atoms with Crippen LogP contribution in [0, 0.1) is 0 Å². The van der Waals surface area contributed by atoms with Crippen molar-refractivity contribution in [2.75, 3.05) is 13.1 Å². The lowest BCUT2D eigenvalue weighted by Gasteiger charge is -2.22. The van der Waals surface area contributed by atoms with Crippen LogP contribution in [0.1, 0.15) is 42.5 Å². The summed E-state index contributed by atoms with van der Waals surface area (Å²) < 4.78 is 0. The molecule has 1 amide bonds. The first-order valence-electron chi connectivity index (χ1n) is 11.7. The van der Waals surface area contributed by atoms with E-state index in [0.29, 0.717) is 46.3 Å². The Hall–Kier alpha value is -3.85. The number of hydrogen-bond acceptors (Lipinski definition) is 6. The third kappa shape index (κ3) is 4.89. The molecule has 9 nitrogen and oxygen atoms in total. The van der Waals surface area contributed by atoms with Gasteiger partial charge in [-0.2, -0.15) is 5.10 Å². The molecule has 4 aromatic rings. The summed E-state index contributed by atoms with van der Waals surface area (Å²) in [5, 5.41) is 13.2. The molecule has 34 heavy (non-hydrogen) atoms. The van der Waals surface area contributed by atoms with Crippen molar-refractivity contribution < 1.29 is 4.79 Å². The molecule has 1 aromatic carbocycles. The highest BCUT2D eigenvalue weighted by Crippen LogP contribution is 2.22. The van der Waals surface area contributed by atoms with Gasteiger partial charge in [-0.25, -0.2) is 10.1 Å². The summed E-state index contributed by atoms with van der Waals surface area (Å²) >= 11 is 0. The van der Waals surface area contributed by atoms with Crippen molar-refractivity contribution >= 4 is 16.9 Å². The van der Waals surface area contributed by atoms with Crippen molar-refractivity contribution in [2.24, 2.45) is 0 Å². The summed E-state index contributed by atoms with van der Waals surface area (Å²) in [6.45, 7) is 1.34. The Morgan fingerprint density at radius 3 is 2.68 bits per heavy atom. The second-order valence-electron chi connectivity index (χ2n) is 8.59. The van der Waals surface area contributed by atoms with Crippen molar-refractivity contribution in [2.45, 2.75) is 38.1 Å². The quantitative estimate of drug-likeness (QED) is 0.316. The van der Waals surface area contributed by atoms with Crippen LogP contribution in [0.5, 0.6) is 0 Å². The van der Waals surface area contributed by atoms with Gasteiger partial charge in [0.05, 0.1) is 22.3 Å². The molecule has 0 saturated heterocycles. The molecule has 3 aromatic heterocycles. The van der Waals surface area contributed by atoms with Crippen LogP contribution in [-0.4, -0.2) is 50.2 Å². The van der Waals surface area contributed by atoms with E-state index in [0.717, 1.165) is 12.1 Å². The van der Waals surface area contributed by atoms with E-state index in [4.69, 9.17) is 0 Å². The molecule has 9 heteroatoms. The average Bonchev–Trinajstić information content (AvgIpc) is 3.31. The van der Waals surface area contributed by atoms with Gasteiger partial charge < -0.3 is 15.6 Å². The van der Waals surface area contributed by atoms with Gasteiger partial charge in [-0.05, 0) is 49.2 Å². The van der Waals surface area contributed by atoms with Crippen LogP contribution in [-0.2, 0) is 0 Å². The molecular formula is C25H27N7O2. The van der Waals surface area contributed by atoms with E-state index in [1.54, 1.807) is 36.7 Å². The van der Waals surface area contributed by atoms with Crippen LogP contribution in [0.4, 0.5) is 0 Å². The Morgan fingerprint density at radius 2 is 1.85 bits per heavy atom. The molecule has 0 aliphatic heterocycles. The number of carbonyl (C=O) groups is 1. The number of pyridine rings is 1. The highest BCUT2D eigenvalue weighted by atomic mass is 16.1. The van der Waals surface area contributed by atoms with Crippen LogP contribution < -0.4 is 16.2 Å². The molecule has 5 rings (SSSR count). The fourth-order valence-electron chi connectivity index (χ4n) is 4.39. The number of benzene rings is 1. The van der Waals surface area contributed by atoms with Crippen LogP contribution in [0.2, 0.25) is 0 Å². The molecule has 0 unspecified atom stereocenters. The van der Waals surface area contributed by atoms with Gasteiger partial charge in [0.25, 0.3) is 11.5 Å². The molecule has 174 valence electrons. The number of aromatic nitrogens is 5. The molecule has 0 radical (unpaired) electrons. The highest BCUT2D eigenvalue weighted by Gasteiger charge is 2.15. The number of fused-ring (bicyclic) bond motifs is 1. The number of amides is 1. The van der Waals surface area contributed by atoms with Crippen molar-refractivity contribution in [3.63, 3.8) is 0 Å². The second kappa shape index (κ2) is 9.96. The lowest BCUT2D eigenvalue weighted by molar-refractivity contribution is 0.0953. The third-order valence-electron chi connectivity index (χ3n) is 6.23. The molecular weight excluding hydrogens is 430 g/mol. The fraction of sp³-hybridized carbons (Fsp3) is 0.320. The normalized spacial score (nSPS) is 14.4. The van der Waals surface area contributed by atoms with Crippen LogP contribution >= 0.6 is 0 Å². The van der Waals surface area contributed by atoms with Crippen LogP contribution in [0.25, 0.3) is 33.7 Å². The maximum atomic E-state index is 12.6. The van der Waals surface area contributed by atoms with Gasteiger partial charge in [-0.15, -0.1) is 0 Å². The molecule has 0 spiro atoms. The van der Waals surface area contributed by atoms with Gasteiger partial charge in [0, 0.05) is 42.7 Å². The Bertz CT molecular complexity index is 1340. The van der Waals surface area contributed by atoms with E-state index in [1.165, 1.54) is 32.1 Å². The number of aromatic amines is 2. The molecule has 1 aliphatic rings. The van der Waals surface area contributed by atoms with Gasteiger partial charge >= 0.3 is 0 Å². The first-order valence-corrected chi connectivity index (χ1v) is 11.7. The topological polar surface area (TPSA) is 128 Å². The van der Waals surface area contributed by atoms with E-state index in [9.17, 15) is 9.59 Å². The molecule has 0 atom stereocenters. The SMILES string of the molecule is O=C(NCCNC1CCCCC1)c1ccc2nc(-c3cc(-c4ccncc4)n[nH]c3=O)[nH]c2c1. The molecule has 1 saturated carbocycles. The Kier molecular flexibility index (Phi) is 6.44. The molecule has 3 heterocycles. The van der Waals surface area contributed by atoms with Gasteiger partial charge in [-0.3, -0.25) is 14.6 Å². The summed E-state index contributed by atoms with van der Waals surface area (Å²) in [5.74, 6) is 0.286. The molecule has 4 N–H and O–H groups in total. The number of hydrogen-bond donors (Lipinski definition) is 4. The van der Waals surface area contributed by atoms with Gasteiger partial charge in [0.1, 0.15) is 5.82 Å². The Balaban J connectivity index is 1.29. The summed E-state index contributed by atoms with van der Waals surface area (Å²) in [7, 11) is 0. The maximum absolute atomic E-state index is 12.6. The lowest BCUT2D eigenvalue weighted by atomic mass is 9.95. The minimum Gasteiger partial charge on any atom is -0.351 e. The average molecular weight is 458 g/mol. The smallest absolute Gasteiger partial charge is 0.275 e. The molecule has 1 fully saturated rings. The van der Waals surface area contributed by atoms with E-state index in [-0.39, 0.29) is 11.5 Å². The highest BCUT2D eigenvalue weighted by molar-refractivity contribution is 5.97. The zero-order valence-electron chi connectivity index (χ0n) is 18.8. The first kappa shape index (κ1) is 22.0. The second-order valence-corrected chi connectivity index (χ2v) is 8.59. The van der Waals surface area contributed by atoms with Crippen LogP contribution in [0.3, 0.4) is 0 Å². The first-order chi connectivity index (χ1) is 16.7. The van der Waals surface area contributed by atoms with Crippen molar-refractivity contribution in [1.29, 1.82) is 0 Å². The van der Waals surface area contributed by atoms with E-state index in [1.807, 2.05) is 12.1 Å². The number of rotatable bonds is 7. The summed E-state index contributed by atoms with van der Waals surface area (Å²) in [4.78, 5) is 36.8. The summed E-state index contributed by atoms with van der Waals surface area (Å²) in [5.41, 5.74) is 3.37. The van der Waals surface area contributed by atoms with Gasteiger partial charge in [-0.1, -0.05) is 19.3 Å². The van der Waals surface area contributed by atoms with Crippen molar-refractivity contribution in [3.05, 3.63) is 64.7 Å². The predicted molar refractivity (Wildman–Crippen MR) is 130 cm³/mol. The summed E-state index contributed by atoms with van der Waals surface area (Å²) in [6.07, 6.45) is 9.67. The third-order valence-corrected chi connectivity index (χ3v) is 6.23. The lowest BCUT2D eigenvalue weighted by Crippen LogP contribution is -2.37.